The molecule has 0 amide bonds. The highest BCUT2D eigenvalue weighted by molar-refractivity contribution is 5.66. The Hall–Kier alpha value is -0.570. The van der Waals surface area contributed by atoms with E-state index < -0.39 is 0 Å². The van der Waals surface area contributed by atoms with Crippen molar-refractivity contribution in [2.24, 2.45) is 0 Å². The minimum Gasteiger partial charge on any atom is -0.462 e. The first-order valence-electron chi connectivity index (χ1n) is 6.17. The van der Waals surface area contributed by atoms with Crippen LogP contribution >= 0.6 is 0 Å². The molecule has 1 aliphatic heterocycles. The maximum atomic E-state index is 10.9. The SMILES string of the molecule is CC.CC(=O)OC1CC(C)(C)NC(C)(C)C1. The molecule has 16 heavy (non-hydrogen) atoms. The molecule has 96 valence electrons. The molecule has 0 aromatic heterocycles. The van der Waals surface area contributed by atoms with E-state index in [1.807, 2.05) is 13.8 Å². The van der Waals surface area contributed by atoms with Crippen LogP contribution in [0.2, 0.25) is 0 Å². The number of ether oxygens (including phenoxy) is 1. The molecule has 0 spiro atoms. The van der Waals surface area contributed by atoms with Crippen LogP contribution in [0.3, 0.4) is 0 Å². The van der Waals surface area contributed by atoms with Gasteiger partial charge in [0.2, 0.25) is 0 Å². The Morgan fingerprint density at radius 3 is 1.81 bits per heavy atom. The molecule has 0 saturated carbocycles. The highest BCUT2D eigenvalue weighted by atomic mass is 16.5. The topological polar surface area (TPSA) is 38.3 Å². The normalized spacial score (nSPS) is 22.9. The van der Waals surface area contributed by atoms with Crippen LogP contribution in [0.15, 0.2) is 0 Å². The minimum absolute atomic E-state index is 0.0435. The zero-order valence-corrected chi connectivity index (χ0v) is 11.8. The number of piperidine rings is 1. The highest BCUT2D eigenvalue weighted by Crippen LogP contribution is 2.30. The number of hydrogen-bond donors (Lipinski definition) is 1. The van der Waals surface area contributed by atoms with Crippen molar-refractivity contribution in [1.82, 2.24) is 5.32 Å². The minimum atomic E-state index is -0.177. The highest BCUT2D eigenvalue weighted by Gasteiger charge is 2.38. The van der Waals surface area contributed by atoms with E-state index in [1.165, 1.54) is 6.92 Å². The fourth-order valence-corrected chi connectivity index (χ4v) is 2.55. The van der Waals surface area contributed by atoms with Gasteiger partial charge in [0.25, 0.3) is 0 Å². The molecule has 1 fully saturated rings. The summed E-state index contributed by atoms with van der Waals surface area (Å²) in [7, 11) is 0. The first-order chi connectivity index (χ1) is 7.20. The fraction of sp³-hybridized carbons (Fsp3) is 0.923. The average molecular weight is 229 g/mol. The second-order valence-electron chi connectivity index (χ2n) is 5.53. The zero-order chi connectivity index (χ0) is 13.0. The van der Waals surface area contributed by atoms with Crippen molar-refractivity contribution >= 4 is 5.97 Å². The summed E-state index contributed by atoms with van der Waals surface area (Å²) in [6, 6.07) is 0. The van der Waals surface area contributed by atoms with Crippen LogP contribution in [0.4, 0.5) is 0 Å². The van der Waals surface area contributed by atoms with Crippen LogP contribution < -0.4 is 5.32 Å². The van der Waals surface area contributed by atoms with Gasteiger partial charge in [-0.15, -0.1) is 0 Å². The molecule has 0 aromatic carbocycles. The molecule has 1 aliphatic rings. The summed E-state index contributed by atoms with van der Waals surface area (Å²) in [6.45, 7) is 14.0. The largest absolute Gasteiger partial charge is 0.462 e. The number of carbonyl (C=O) groups excluding carboxylic acids is 1. The van der Waals surface area contributed by atoms with E-state index in [2.05, 4.69) is 33.0 Å². The molecule has 3 nitrogen and oxygen atoms in total. The van der Waals surface area contributed by atoms with E-state index in [-0.39, 0.29) is 23.2 Å². The Kier molecular flexibility index (Phi) is 5.47. The first-order valence-corrected chi connectivity index (χ1v) is 6.17. The van der Waals surface area contributed by atoms with Crippen LogP contribution in [0, 0.1) is 0 Å². The number of carbonyl (C=O) groups is 1. The van der Waals surface area contributed by atoms with Crippen molar-refractivity contribution in [3.8, 4) is 0 Å². The monoisotopic (exact) mass is 229 g/mol. The lowest BCUT2D eigenvalue weighted by Gasteiger charge is -2.45. The molecule has 0 aliphatic carbocycles. The average Bonchev–Trinajstić information content (AvgIpc) is 1.99. The Labute approximate surface area is 99.9 Å². The van der Waals surface area contributed by atoms with Gasteiger partial charge in [-0.25, -0.2) is 0 Å². The third-order valence-electron chi connectivity index (χ3n) is 2.49. The second kappa shape index (κ2) is 5.67. The number of rotatable bonds is 1. The molecule has 0 unspecified atom stereocenters. The molecule has 1 heterocycles. The lowest BCUT2D eigenvalue weighted by molar-refractivity contribution is -0.150. The molecular formula is C13H27NO2. The summed E-state index contributed by atoms with van der Waals surface area (Å²) in [5.41, 5.74) is 0.0870. The third-order valence-corrected chi connectivity index (χ3v) is 2.49. The van der Waals surface area contributed by atoms with Gasteiger partial charge in [-0.1, -0.05) is 13.8 Å². The predicted molar refractivity (Wildman–Crippen MR) is 67.4 cm³/mol. The van der Waals surface area contributed by atoms with Crippen LogP contribution in [-0.2, 0) is 9.53 Å². The van der Waals surface area contributed by atoms with E-state index >= 15 is 0 Å². The first kappa shape index (κ1) is 15.4. The number of hydrogen-bond acceptors (Lipinski definition) is 3. The lowest BCUT2D eigenvalue weighted by atomic mass is 9.81. The molecule has 0 bridgehead atoms. The van der Waals surface area contributed by atoms with Crippen LogP contribution in [0.5, 0.6) is 0 Å². The van der Waals surface area contributed by atoms with Crippen molar-refractivity contribution in [2.75, 3.05) is 0 Å². The van der Waals surface area contributed by atoms with Gasteiger partial charge < -0.3 is 10.1 Å². The molecule has 1 N–H and O–H groups in total. The van der Waals surface area contributed by atoms with Crippen molar-refractivity contribution in [3.05, 3.63) is 0 Å². The predicted octanol–water partition coefficient (Wildman–Crippen LogP) is 2.88. The van der Waals surface area contributed by atoms with Crippen molar-refractivity contribution in [2.45, 2.75) is 78.5 Å². The number of nitrogens with one attached hydrogen (secondary N) is 1. The molecule has 3 heteroatoms. The summed E-state index contributed by atoms with van der Waals surface area (Å²) in [6.07, 6.45) is 1.82. The van der Waals surface area contributed by atoms with Gasteiger partial charge in [-0.2, -0.15) is 0 Å². The van der Waals surface area contributed by atoms with Gasteiger partial charge in [-0.05, 0) is 27.7 Å². The quantitative estimate of drug-likeness (QED) is 0.703. The Bertz CT molecular complexity index is 218. The van der Waals surface area contributed by atoms with E-state index in [0.29, 0.717) is 0 Å². The maximum Gasteiger partial charge on any atom is 0.302 e. The standard InChI is InChI=1S/C11H21NO2.C2H6/c1-8(13)14-9-6-10(2,3)12-11(4,5)7-9;1-2/h9,12H,6-7H2,1-5H3;1-2H3. The Morgan fingerprint density at radius 1 is 1.12 bits per heavy atom. The molecule has 1 rings (SSSR count). The molecule has 0 aromatic rings. The van der Waals surface area contributed by atoms with Gasteiger partial charge >= 0.3 is 5.97 Å². The summed E-state index contributed by atoms with van der Waals surface area (Å²) >= 11 is 0. The Morgan fingerprint density at radius 2 is 1.50 bits per heavy atom. The second-order valence-corrected chi connectivity index (χ2v) is 5.53. The van der Waals surface area contributed by atoms with Gasteiger partial charge in [0.1, 0.15) is 6.10 Å². The smallest absolute Gasteiger partial charge is 0.302 e. The fourth-order valence-electron chi connectivity index (χ4n) is 2.55. The van der Waals surface area contributed by atoms with Crippen LogP contribution in [-0.4, -0.2) is 23.2 Å². The van der Waals surface area contributed by atoms with Crippen molar-refractivity contribution in [1.29, 1.82) is 0 Å². The zero-order valence-electron chi connectivity index (χ0n) is 11.8. The van der Waals surface area contributed by atoms with E-state index in [4.69, 9.17) is 4.74 Å². The van der Waals surface area contributed by atoms with E-state index in [1.54, 1.807) is 0 Å². The van der Waals surface area contributed by atoms with Crippen molar-refractivity contribution in [3.63, 3.8) is 0 Å². The number of esters is 1. The van der Waals surface area contributed by atoms with Gasteiger partial charge in [-0.3, -0.25) is 4.79 Å². The van der Waals surface area contributed by atoms with Gasteiger partial charge in [0.15, 0.2) is 0 Å². The Balaban J connectivity index is 0.00000106. The van der Waals surface area contributed by atoms with Gasteiger partial charge in [0.05, 0.1) is 0 Å². The lowest BCUT2D eigenvalue weighted by Crippen LogP contribution is -2.59. The maximum absolute atomic E-state index is 10.9. The summed E-state index contributed by atoms with van der Waals surface area (Å²) in [5.74, 6) is -0.177. The van der Waals surface area contributed by atoms with Crippen LogP contribution in [0.25, 0.3) is 0 Å². The van der Waals surface area contributed by atoms with Crippen molar-refractivity contribution < 1.29 is 9.53 Å². The molecule has 0 atom stereocenters. The molecule has 1 saturated heterocycles. The van der Waals surface area contributed by atoms with Crippen LogP contribution in [0.1, 0.15) is 61.3 Å². The van der Waals surface area contributed by atoms with Gasteiger partial charge in [0, 0.05) is 30.8 Å². The van der Waals surface area contributed by atoms with E-state index in [9.17, 15) is 4.79 Å². The third kappa shape index (κ3) is 5.50. The molecule has 0 radical (unpaired) electrons. The summed E-state index contributed by atoms with van der Waals surface area (Å²) < 4.78 is 5.28. The summed E-state index contributed by atoms with van der Waals surface area (Å²) in [5, 5.41) is 3.54. The van der Waals surface area contributed by atoms with E-state index in [0.717, 1.165) is 12.8 Å². The summed E-state index contributed by atoms with van der Waals surface area (Å²) in [4.78, 5) is 10.9. The molecular weight excluding hydrogens is 202 g/mol.